The summed E-state index contributed by atoms with van der Waals surface area (Å²) in [5.74, 6) is -0.710. The second-order valence-electron chi connectivity index (χ2n) is 5.68. The predicted molar refractivity (Wildman–Crippen MR) is 75.9 cm³/mol. The topological polar surface area (TPSA) is 37.4 Å². The molecule has 0 N–H and O–H groups in total. The van der Waals surface area contributed by atoms with Gasteiger partial charge in [-0.2, -0.15) is 4.31 Å². The molecule has 1 aliphatic rings. The van der Waals surface area contributed by atoms with Gasteiger partial charge in [0.15, 0.2) is 0 Å². The van der Waals surface area contributed by atoms with Crippen molar-refractivity contribution in [2.75, 3.05) is 13.1 Å². The van der Waals surface area contributed by atoms with Crippen LogP contribution in [-0.4, -0.2) is 25.8 Å². The Bertz CT molecular complexity index is 586. The van der Waals surface area contributed by atoms with Crippen LogP contribution in [0.3, 0.4) is 0 Å². The zero-order valence-corrected chi connectivity index (χ0v) is 13.4. The predicted octanol–water partition coefficient (Wildman–Crippen LogP) is 3.40. The van der Waals surface area contributed by atoms with Crippen molar-refractivity contribution >= 4 is 26.0 Å². The van der Waals surface area contributed by atoms with Crippen LogP contribution in [-0.2, 0) is 10.0 Å². The summed E-state index contributed by atoms with van der Waals surface area (Å²) in [4.78, 5) is -0.242. The molecule has 106 valence electrons. The minimum atomic E-state index is -3.74. The van der Waals surface area contributed by atoms with Gasteiger partial charge in [-0.1, -0.05) is 29.8 Å². The lowest BCUT2D eigenvalue weighted by molar-refractivity contribution is 0.186. The van der Waals surface area contributed by atoms with Gasteiger partial charge >= 0.3 is 0 Å². The molecule has 1 aromatic carbocycles. The van der Waals surface area contributed by atoms with Crippen molar-refractivity contribution in [2.45, 2.75) is 31.6 Å². The molecule has 0 aliphatic carbocycles. The highest BCUT2D eigenvalue weighted by atomic mass is 79.9. The Hall–Kier alpha value is -0.460. The Morgan fingerprint density at radius 2 is 2.05 bits per heavy atom. The van der Waals surface area contributed by atoms with Gasteiger partial charge in [0.2, 0.25) is 10.0 Å². The van der Waals surface area contributed by atoms with Gasteiger partial charge in [0, 0.05) is 17.6 Å². The molecule has 1 aliphatic heterocycles. The number of benzene rings is 1. The molecule has 2 rings (SSSR count). The summed E-state index contributed by atoms with van der Waals surface area (Å²) in [6.07, 6.45) is 1.80. The first-order valence-electron chi connectivity index (χ1n) is 6.18. The lowest BCUT2D eigenvalue weighted by atomic mass is 9.85. The number of piperidine rings is 1. The summed E-state index contributed by atoms with van der Waals surface area (Å²) in [7, 11) is -3.74. The van der Waals surface area contributed by atoms with E-state index in [0.717, 1.165) is 12.8 Å². The van der Waals surface area contributed by atoms with Crippen molar-refractivity contribution < 1.29 is 12.8 Å². The number of hydrogen-bond donors (Lipinski definition) is 0. The molecular formula is C13H17BrFNO2S. The van der Waals surface area contributed by atoms with Crippen LogP contribution in [0.5, 0.6) is 0 Å². The van der Waals surface area contributed by atoms with Crippen LogP contribution in [0.4, 0.5) is 4.39 Å². The van der Waals surface area contributed by atoms with E-state index in [-0.39, 0.29) is 10.3 Å². The second kappa shape index (κ2) is 5.14. The van der Waals surface area contributed by atoms with E-state index in [2.05, 4.69) is 15.9 Å². The van der Waals surface area contributed by atoms with E-state index in [0.29, 0.717) is 17.6 Å². The fourth-order valence-corrected chi connectivity index (χ4v) is 4.44. The molecule has 3 nitrogen and oxygen atoms in total. The summed E-state index contributed by atoms with van der Waals surface area (Å²) < 4.78 is 40.7. The summed E-state index contributed by atoms with van der Waals surface area (Å²) in [6, 6.07) is 4.05. The molecule has 0 spiro atoms. The normalized spacial score (nSPS) is 20.4. The number of halogens is 2. The monoisotopic (exact) mass is 349 g/mol. The molecule has 6 heteroatoms. The van der Waals surface area contributed by atoms with E-state index >= 15 is 0 Å². The van der Waals surface area contributed by atoms with Gasteiger partial charge in [-0.05, 0) is 36.5 Å². The first kappa shape index (κ1) is 14.9. The molecule has 0 amide bonds. The van der Waals surface area contributed by atoms with E-state index in [1.54, 1.807) is 6.07 Å². The third-order valence-corrected chi connectivity index (χ3v) is 5.75. The molecule has 0 bridgehead atoms. The lowest BCUT2D eigenvalue weighted by Crippen LogP contribution is -2.43. The molecular weight excluding hydrogens is 333 g/mol. The van der Waals surface area contributed by atoms with Crippen LogP contribution in [0.25, 0.3) is 0 Å². The van der Waals surface area contributed by atoms with Gasteiger partial charge in [0.25, 0.3) is 0 Å². The summed E-state index contributed by atoms with van der Waals surface area (Å²) in [5, 5.41) is 0. The van der Waals surface area contributed by atoms with Gasteiger partial charge in [0.1, 0.15) is 10.7 Å². The van der Waals surface area contributed by atoms with E-state index < -0.39 is 15.8 Å². The van der Waals surface area contributed by atoms with Crippen molar-refractivity contribution in [3.05, 3.63) is 28.5 Å². The Morgan fingerprint density at radius 3 is 2.63 bits per heavy atom. The van der Waals surface area contributed by atoms with Gasteiger partial charge < -0.3 is 0 Å². The van der Waals surface area contributed by atoms with Crippen LogP contribution < -0.4 is 0 Å². The SMILES string of the molecule is CC1(C)CCCN(S(=O)(=O)c2ccc(Br)cc2F)C1. The zero-order chi connectivity index (χ0) is 14.3. The lowest BCUT2D eigenvalue weighted by Gasteiger charge is -2.37. The van der Waals surface area contributed by atoms with E-state index in [9.17, 15) is 12.8 Å². The first-order chi connectivity index (χ1) is 8.72. The minimum Gasteiger partial charge on any atom is -0.207 e. The van der Waals surface area contributed by atoms with Gasteiger partial charge in [0.05, 0.1) is 0 Å². The molecule has 1 fully saturated rings. The highest BCUT2D eigenvalue weighted by Crippen LogP contribution is 2.32. The fraction of sp³-hybridized carbons (Fsp3) is 0.538. The fourth-order valence-electron chi connectivity index (χ4n) is 2.40. The average molecular weight is 350 g/mol. The van der Waals surface area contributed by atoms with Crippen LogP contribution in [0.1, 0.15) is 26.7 Å². The second-order valence-corrected chi connectivity index (χ2v) is 8.50. The van der Waals surface area contributed by atoms with Gasteiger partial charge in [-0.3, -0.25) is 0 Å². The highest BCUT2D eigenvalue weighted by molar-refractivity contribution is 9.10. The quantitative estimate of drug-likeness (QED) is 0.820. The van der Waals surface area contributed by atoms with Crippen LogP contribution in [0.2, 0.25) is 0 Å². The first-order valence-corrected chi connectivity index (χ1v) is 8.41. The maximum atomic E-state index is 13.9. The van der Waals surface area contributed by atoms with Crippen molar-refractivity contribution in [1.29, 1.82) is 0 Å². The zero-order valence-electron chi connectivity index (χ0n) is 11.0. The maximum absolute atomic E-state index is 13.9. The summed E-state index contributed by atoms with van der Waals surface area (Å²) >= 11 is 3.13. The van der Waals surface area contributed by atoms with Gasteiger partial charge in [-0.15, -0.1) is 0 Å². The molecule has 0 atom stereocenters. The molecule has 1 heterocycles. The Morgan fingerprint density at radius 1 is 1.37 bits per heavy atom. The van der Waals surface area contributed by atoms with E-state index in [4.69, 9.17) is 0 Å². The van der Waals surface area contributed by atoms with Crippen molar-refractivity contribution in [3.8, 4) is 0 Å². The average Bonchev–Trinajstić information content (AvgIpc) is 2.27. The van der Waals surface area contributed by atoms with Crippen molar-refractivity contribution in [3.63, 3.8) is 0 Å². The van der Waals surface area contributed by atoms with Crippen molar-refractivity contribution in [1.82, 2.24) is 4.31 Å². The third kappa shape index (κ3) is 3.17. The molecule has 0 saturated carbocycles. The molecule has 0 radical (unpaired) electrons. The van der Waals surface area contributed by atoms with E-state index in [1.807, 2.05) is 13.8 Å². The molecule has 1 aromatic rings. The number of hydrogen-bond acceptors (Lipinski definition) is 2. The Labute approximate surface area is 122 Å². The Balaban J connectivity index is 2.37. The van der Waals surface area contributed by atoms with Crippen LogP contribution >= 0.6 is 15.9 Å². The minimum absolute atomic E-state index is 0.0584. The molecule has 19 heavy (non-hydrogen) atoms. The van der Waals surface area contributed by atoms with Crippen LogP contribution in [0.15, 0.2) is 27.6 Å². The van der Waals surface area contributed by atoms with E-state index in [1.165, 1.54) is 16.4 Å². The third-order valence-electron chi connectivity index (χ3n) is 3.38. The van der Waals surface area contributed by atoms with Crippen molar-refractivity contribution in [2.24, 2.45) is 5.41 Å². The summed E-state index contributed by atoms with van der Waals surface area (Å²) in [5.41, 5.74) is -0.0584. The standard InChI is InChI=1S/C13H17BrFNO2S/c1-13(2)6-3-7-16(9-13)19(17,18)12-5-4-10(14)8-11(12)15/h4-5,8H,3,6-7,9H2,1-2H3. The molecule has 0 unspecified atom stereocenters. The number of rotatable bonds is 2. The largest absolute Gasteiger partial charge is 0.246 e. The number of nitrogens with zero attached hydrogens (tertiary/aromatic N) is 1. The number of sulfonamides is 1. The molecule has 0 aromatic heterocycles. The molecule has 1 saturated heterocycles. The van der Waals surface area contributed by atoms with Gasteiger partial charge in [-0.25, -0.2) is 12.8 Å². The summed E-state index contributed by atoms with van der Waals surface area (Å²) in [6.45, 7) is 4.96. The van der Waals surface area contributed by atoms with Crippen LogP contribution in [0, 0.1) is 11.2 Å². The maximum Gasteiger partial charge on any atom is 0.246 e. The smallest absolute Gasteiger partial charge is 0.207 e. The highest BCUT2D eigenvalue weighted by Gasteiger charge is 2.35. The Kier molecular flexibility index (Phi) is 4.05.